The van der Waals surface area contributed by atoms with E-state index in [4.69, 9.17) is 13.3 Å². The minimum atomic E-state index is 0.829. The number of fused-ring (bicyclic) bond motifs is 9. The summed E-state index contributed by atoms with van der Waals surface area (Å²) in [6.45, 7) is 0. The number of anilines is 3. The predicted octanol–water partition coefficient (Wildman–Crippen LogP) is 14.2. The van der Waals surface area contributed by atoms with Gasteiger partial charge in [0.05, 0.1) is 11.1 Å². The van der Waals surface area contributed by atoms with Crippen molar-refractivity contribution in [2.45, 2.75) is 0 Å². The van der Waals surface area contributed by atoms with Gasteiger partial charge in [0.25, 0.3) is 0 Å². The third-order valence-corrected chi connectivity index (χ3v) is 10.3. The summed E-state index contributed by atoms with van der Waals surface area (Å²) in [7, 11) is 0. The Balaban J connectivity index is 1.16. The molecule has 244 valence electrons. The molecule has 3 heterocycles. The van der Waals surface area contributed by atoms with Crippen LogP contribution < -0.4 is 4.90 Å². The van der Waals surface area contributed by atoms with Crippen molar-refractivity contribution >= 4 is 82.9 Å². The molecule has 0 aliphatic rings. The monoisotopic (exact) mass is 667 g/mol. The summed E-state index contributed by atoms with van der Waals surface area (Å²) >= 11 is 0. The highest BCUT2D eigenvalue weighted by molar-refractivity contribution is 6.22. The van der Waals surface area contributed by atoms with Crippen LogP contribution in [0.4, 0.5) is 17.1 Å². The first-order valence-electron chi connectivity index (χ1n) is 17.5. The fraction of sp³-hybridized carbons (Fsp3) is 0. The molecule has 52 heavy (non-hydrogen) atoms. The second-order valence-electron chi connectivity index (χ2n) is 13.2. The second kappa shape index (κ2) is 11.2. The summed E-state index contributed by atoms with van der Waals surface area (Å²) in [5.41, 5.74) is 12.6. The molecule has 0 amide bonds. The molecule has 0 aliphatic heterocycles. The number of hydrogen-bond acceptors (Lipinski definition) is 4. The van der Waals surface area contributed by atoms with E-state index in [9.17, 15) is 0 Å². The van der Waals surface area contributed by atoms with E-state index in [1.54, 1.807) is 0 Å². The Bertz CT molecular complexity index is 3090. The fourth-order valence-corrected chi connectivity index (χ4v) is 8.03. The molecule has 0 aliphatic carbocycles. The largest absolute Gasteiger partial charge is 0.456 e. The molecule has 0 saturated heterocycles. The van der Waals surface area contributed by atoms with Crippen molar-refractivity contribution in [2.24, 2.45) is 0 Å². The lowest BCUT2D eigenvalue weighted by molar-refractivity contribution is 0.668. The number of furan rings is 3. The normalized spacial score (nSPS) is 11.8. The van der Waals surface area contributed by atoms with E-state index in [2.05, 4.69) is 169 Å². The van der Waals surface area contributed by atoms with Crippen molar-refractivity contribution in [2.75, 3.05) is 4.90 Å². The quantitative estimate of drug-likeness (QED) is 0.183. The van der Waals surface area contributed by atoms with Gasteiger partial charge < -0.3 is 18.2 Å². The van der Waals surface area contributed by atoms with Crippen molar-refractivity contribution in [1.82, 2.24) is 0 Å². The lowest BCUT2D eigenvalue weighted by atomic mass is 9.94. The maximum absolute atomic E-state index is 6.84. The van der Waals surface area contributed by atoms with Gasteiger partial charge in [0.15, 0.2) is 0 Å². The topological polar surface area (TPSA) is 42.7 Å². The van der Waals surface area contributed by atoms with Crippen LogP contribution >= 0.6 is 0 Å². The molecule has 0 bridgehead atoms. The zero-order valence-corrected chi connectivity index (χ0v) is 27.9. The first-order valence-corrected chi connectivity index (χ1v) is 17.5. The summed E-state index contributed by atoms with van der Waals surface area (Å²) in [6.07, 6.45) is 0. The molecule has 4 heteroatoms. The third kappa shape index (κ3) is 4.28. The Morgan fingerprint density at radius 1 is 0.327 bits per heavy atom. The van der Waals surface area contributed by atoms with E-state index in [0.29, 0.717) is 0 Å². The molecular weight excluding hydrogens is 639 g/mol. The smallest absolute Gasteiger partial charge is 0.143 e. The molecule has 0 spiro atoms. The Labute approximate surface area is 298 Å². The van der Waals surface area contributed by atoms with Gasteiger partial charge in [-0.2, -0.15) is 0 Å². The average molecular weight is 668 g/mol. The SMILES string of the molecule is c1ccc(N(c2ccccc2)c2cccc3oc4cccc(-c5cccc6c5oc5cccc(-c7ccc8oc9ccccc9c8c7)c56)c4c23)cc1. The van der Waals surface area contributed by atoms with Gasteiger partial charge in [0.1, 0.15) is 33.5 Å². The molecule has 0 fully saturated rings. The van der Waals surface area contributed by atoms with Crippen molar-refractivity contribution < 1.29 is 13.3 Å². The van der Waals surface area contributed by atoms with Crippen LogP contribution in [0.2, 0.25) is 0 Å². The highest BCUT2D eigenvalue weighted by Crippen LogP contribution is 2.48. The summed E-state index contributed by atoms with van der Waals surface area (Å²) in [6, 6.07) is 61.1. The summed E-state index contributed by atoms with van der Waals surface area (Å²) in [4.78, 5) is 2.31. The van der Waals surface area contributed by atoms with Gasteiger partial charge in [-0.3, -0.25) is 0 Å². The van der Waals surface area contributed by atoms with E-state index in [0.717, 1.165) is 105 Å². The molecule has 0 atom stereocenters. The minimum absolute atomic E-state index is 0.829. The van der Waals surface area contributed by atoms with E-state index in [-0.39, 0.29) is 0 Å². The van der Waals surface area contributed by atoms with Crippen LogP contribution in [0.1, 0.15) is 0 Å². The van der Waals surface area contributed by atoms with Gasteiger partial charge in [-0.25, -0.2) is 0 Å². The van der Waals surface area contributed by atoms with Gasteiger partial charge in [-0.1, -0.05) is 109 Å². The standard InChI is InChI=1S/C48H29NO3/c1-3-13-31(14-4-1)49(32-15-5-2-6-16-32)39-22-12-26-44-47(39)46-35(19-11-25-43(46)51-44)36-20-9-21-37-45-33(18-10-24-42(45)52-48(36)37)30-27-28-41-38(29-30)34-17-7-8-23-40(34)50-41/h1-29H. The van der Waals surface area contributed by atoms with Crippen molar-refractivity contribution in [3.63, 3.8) is 0 Å². The van der Waals surface area contributed by atoms with E-state index >= 15 is 0 Å². The minimum Gasteiger partial charge on any atom is -0.456 e. The van der Waals surface area contributed by atoms with Crippen LogP contribution in [0.25, 0.3) is 88.1 Å². The van der Waals surface area contributed by atoms with Gasteiger partial charge in [-0.15, -0.1) is 0 Å². The summed E-state index contributed by atoms with van der Waals surface area (Å²) in [5.74, 6) is 0. The second-order valence-corrected chi connectivity index (χ2v) is 13.2. The van der Waals surface area contributed by atoms with Gasteiger partial charge in [0, 0.05) is 43.9 Å². The third-order valence-electron chi connectivity index (χ3n) is 10.3. The highest BCUT2D eigenvalue weighted by atomic mass is 16.3. The number of nitrogens with zero attached hydrogens (tertiary/aromatic N) is 1. The molecule has 11 rings (SSSR count). The zero-order chi connectivity index (χ0) is 34.2. The number of hydrogen-bond donors (Lipinski definition) is 0. The van der Waals surface area contributed by atoms with Crippen LogP contribution in [0.5, 0.6) is 0 Å². The molecule has 11 aromatic rings. The van der Waals surface area contributed by atoms with E-state index in [1.165, 1.54) is 0 Å². The van der Waals surface area contributed by atoms with Crippen molar-refractivity contribution in [3.8, 4) is 22.3 Å². The summed E-state index contributed by atoms with van der Waals surface area (Å²) in [5, 5.41) is 6.48. The van der Waals surface area contributed by atoms with E-state index < -0.39 is 0 Å². The summed E-state index contributed by atoms with van der Waals surface area (Å²) < 4.78 is 19.6. The van der Waals surface area contributed by atoms with Crippen LogP contribution in [-0.4, -0.2) is 0 Å². The maximum atomic E-state index is 6.84. The lowest BCUT2D eigenvalue weighted by Gasteiger charge is -2.26. The Morgan fingerprint density at radius 3 is 1.67 bits per heavy atom. The molecule has 4 nitrogen and oxygen atoms in total. The van der Waals surface area contributed by atoms with Crippen LogP contribution in [0, 0.1) is 0 Å². The molecule has 0 saturated carbocycles. The molecule has 0 unspecified atom stereocenters. The Morgan fingerprint density at radius 2 is 0.885 bits per heavy atom. The van der Waals surface area contributed by atoms with Gasteiger partial charge in [-0.05, 0) is 83.4 Å². The number of rotatable bonds is 5. The molecule has 3 aromatic heterocycles. The predicted molar refractivity (Wildman–Crippen MR) is 214 cm³/mol. The highest BCUT2D eigenvalue weighted by Gasteiger charge is 2.23. The average Bonchev–Trinajstić information content (AvgIpc) is 3.90. The van der Waals surface area contributed by atoms with Crippen LogP contribution in [0.15, 0.2) is 189 Å². The van der Waals surface area contributed by atoms with E-state index in [1.807, 2.05) is 12.1 Å². The van der Waals surface area contributed by atoms with Crippen LogP contribution in [0.3, 0.4) is 0 Å². The Kier molecular flexibility index (Phi) is 6.22. The van der Waals surface area contributed by atoms with Crippen molar-refractivity contribution in [3.05, 3.63) is 176 Å². The Hall–Kier alpha value is -7.04. The van der Waals surface area contributed by atoms with Gasteiger partial charge in [0.2, 0.25) is 0 Å². The molecule has 0 radical (unpaired) electrons. The molecular formula is C48H29NO3. The number of benzene rings is 8. The first kappa shape index (κ1) is 28.8. The maximum Gasteiger partial charge on any atom is 0.143 e. The first-order chi connectivity index (χ1) is 25.8. The van der Waals surface area contributed by atoms with Crippen LogP contribution in [-0.2, 0) is 0 Å². The molecule has 0 N–H and O–H groups in total. The van der Waals surface area contributed by atoms with Crippen molar-refractivity contribution in [1.29, 1.82) is 0 Å². The fourth-order valence-electron chi connectivity index (χ4n) is 8.03. The number of para-hydroxylation sites is 4. The molecule has 8 aromatic carbocycles. The lowest BCUT2D eigenvalue weighted by Crippen LogP contribution is -2.10. The van der Waals surface area contributed by atoms with Gasteiger partial charge >= 0.3 is 0 Å². The zero-order valence-electron chi connectivity index (χ0n) is 27.9.